The molecule has 1 atom stereocenters. The molecule has 2 rings (SSSR count). The fraction of sp³-hybridized carbons (Fsp3) is 0.182. The van der Waals surface area contributed by atoms with Crippen molar-refractivity contribution in [1.82, 2.24) is 4.98 Å². The first-order valence-corrected chi connectivity index (χ1v) is 5.12. The third-order valence-electron chi connectivity index (χ3n) is 2.43. The van der Waals surface area contributed by atoms with Crippen molar-refractivity contribution in [2.24, 2.45) is 0 Å². The van der Waals surface area contributed by atoms with E-state index in [9.17, 15) is 9.90 Å². The normalized spacial score (nSPS) is 12.9. The molecule has 0 radical (unpaired) electrons. The fourth-order valence-electron chi connectivity index (χ4n) is 1.66. The number of carbonyl (C=O) groups is 1. The minimum atomic E-state index is -1.41. The van der Waals surface area contributed by atoms with Gasteiger partial charge in [0.25, 0.3) is 0 Å². The number of aliphatic carboxylic acids is 1. The molecule has 0 aliphatic rings. The second-order valence-corrected chi connectivity index (χ2v) is 3.94. The standard InChI is InChI=1S/C11H10ClNO3/c12-7-2-1-3-8-10(7)6(5-13-8)4-9(14)11(15)16/h1-3,5,9,13-14H,4H2,(H,15,16)/t9-/m0/s1. The van der Waals surface area contributed by atoms with Crippen molar-refractivity contribution in [3.63, 3.8) is 0 Å². The van der Waals surface area contributed by atoms with E-state index in [1.807, 2.05) is 6.07 Å². The van der Waals surface area contributed by atoms with Gasteiger partial charge in [-0.1, -0.05) is 17.7 Å². The van der Waals surface area contributed by atoms with E-state index in [4.69, 9.17) is 16.7 Å². The van der Waals surface area contributed by atoms with Crippen LogP contribution in [0.15, 0.2) is 24.4 Å². The highest BCUT2D eigenvalue weighted by Gasteiger charge is 2.17. The Morgan fingerprint density at radius 3 is 2.94 bits per heavy atom. The molecule has 0 saturated carbocycles. The zero-order valence-corrected chi connectivity index (χ0v) is 9.03. The van der Waals surface area contributed by atoms with Crippen molar-refractivity contribution in [2.75, 3.05) is 0 Å². The molecule has 0 aliphatic carbocycles. The van der Waals surface area contributed by atoms with Gasteiger partial charge in [0.15, 0.2) is 6.10 Å². The molecular weight excluding hydrogens is 230 g/mol. The quantitative estimate of drug-likeness (QED) is 0.765. The van der Waals surface area contributed by atoms with Gasteiger partial charge in [0, 0.05) is 23.5 Å². The predicted molar refractivity (Wildman–Crippen MR) is 60.7 cm³/mol. The summed E-state index contributed by atoms with van der Waals surface area (Å²) in [6.45, 7) is 0. The molecule has 0 aliphatic heterocycles. The van der Waals surface area contributed by atoms with Crippen molar-refractivity contribution in [1.29, 1.82) is 0 Å². The van der Waals surface area contributed by atoms with E-state index in [2.05, 4.69) is 4.98 Å². The molecule has 0 saturated heterocycles. The summed E-state index contributed by atoms with van der Waals surface area (Å²) >= 11 is 6.02. The van der Waals surface area contributed by atoms with Gasteiger partial charge in [-0.2, -0.15) is 0 Å². The van der Waals surface area contributed by atoms with Gasteiger partial charge in [-0.25, -0.2) is 4.79 Å². The van der Waals surface area contributed by atoms with Gasteiger partial charge in [0.2, 0.25) is 0 Å². The number of aliphatic hydroxyl groups excluding tert-OH is 1. The maximum absolute atomic E-state index is 10.6. The van der Waals surface area contributed by atoms with Gasteiger partial charge in [-0.05, 0) is 17.7 Å². The molecular formula is C11H10ClNO3. The highest BCUT2D eigenvalue weighted by molar-refractivity contribution is 6.35. The van der Waals surface area contributed by atoms with Crippen LogP contribution in [0.4, 0.5) is 0 Å². The Kier molecular flexibility index (Phi) is 2.85. The van der Waals surface area contributed by atoms with Crippen LogP contribution < -0.4 is 0 Å². The topological polar surface area (TPSA) is 73.3 Å². The lowest BCUT2D eigenvalue weighted by Gasteiger charge is -2.04. The number of aromatic nitrogens is 1. The molecule has 84 valence electrons. The molecule has 2 aromatic rings. The van der Waals surface area contributed by atoms with Gasteiger partial charge >= 0.3 is 5.97 Å². The maximum Gasteiger partial charge on any atom is 0.332 e. The summed E-state index contributed by atoms with van der Waals surface area (Å²) in [5.41, 5.74) is 1.54. The zero-order chi connectivity index (χ0) is 11.7. The van der Waals surface area contributed by atoms with Gasteiger partial charge in [0.05, 0.1) is 5.02 Å². The lowest BCUT2D eigenvalue weighted by Crippen LogP contribution is -2.21. The number of nitrogens with one attached hydrogen (secondary N) is 1. The molecule has 0 spiro atoms. The molecule has 1 heterocycles. The molecule has 0 amide bonds. The van der Waals surface area contributed by atoms with Crippen LogP contribution in [0.2, 0.25) is 5.02 Å². The number of H-pyrrole nitrogens is 1. The smallest absolute Gasteiger partial charge is 0.332 e. The average Bonchev–Trinajstić information content (AvgIpc) is 2.63. The Balaban J connectivity index is 2.42. The molecule has 0 unspecified atom stereocenters. The summed E-state index contributed by atoms with van der Waals surface area (Å²) in [6, 6.07) is 5.38. The summed E-state index contributed by atoms with van der Waals surface area (Å²) in [7, 11) is 0. The summed E-state index contributed by atoms with van der Waals surface area (Å²) < 4.78 is 0. The van der Waals surface area contributed by atoms with Crippen molar-refractivity contribution in [2.45, 2.75) is 12.5 Å². The molecule has 1 aromatic carbocycles. The SMILES string of the molecule is O=C(O)[C@@H](O)Cc1c[nH]c2cccc(Cl)c12. The van der Waals surface area contributed by atoms with E-state index in [0.29, 0.717) is 10.6 Å². The van der Waals surface area contributed by atoms with Crippen LogP contribution in [0, 0.1) is 0 Å². The fourth-order valence-corrected chi connectivity index (χ4v) is 1.96. The second kappa shape index (κ2) is 4.15. The van der Waals surface area contributed by atoms with Crippen LogP contribution in [0.1, 0.15) is 5.56 Å². The number of carboxylic acid groups (broad SMARTS) is 1. The number of halogens is 1. The van der Waals surface area contributed by atoms with E-state index in [-0.39, 0.29) is 6.42 Å². The van der Waals surface area contributed by atoms with Crippen LogP contribution in [0.5, 0.6) is 0 Å². The highest BCUT2D eigenvalue weighted by atomic mass is 35.5. The molecule has 5 heteroatoms. The highest BCUT2D eigenvalue weighted by Crippen LogP contribution is 2.27. The minimum absolute atomic E-state index is 0.0407. The lowest BCUT2D eigenvalue weighted by molar-refractivity contribution is -0.146. The monoisotopic (exact) mass is 239 g/mol. The number of carboxylic acids is 1. The number of aliphatic hydroxyl groups is 1. The molecule has 4 nitrogen and oxygen atoms in total. The summed E-state index contributed by atoms with van der Waals surface area (Å²) in [5.74, 6) is -1.23. The summed E-state index contributed by atoms with van der Waals surface area (Å²) in [5, 5.41) is 19.2. The Labute approximate surface area is 96.5 Å². The number of benzene rings is 1. The Morgan fingerprint density at radius 2 is 2.25 bits per heavy atom. The number of fused-ring (bicyclic) bond motifs is 1. The van der Waals surface area contributed by atoms with Gasteiger partial charge in [0.1, 0.15) is 0 Å². The van der Waals surface area contributed by atoms with Crippen LogP contribution in [0.3, 0.4) is 0 Å². The Bertz CT molecular complexity index is 535. The molecule has 0 fully saturated rings. The van der Waals surface area contributed by atoms with E-state index < -0.39 is 12.1 Å². The van der Waals surface area contributed by atoms with E-state index in [1.165, 1.54) is 0 Å². The molecule has 3 N–H and O–H groups in total. The summed E-state index contributed by atoms with van der Waals surface area (Å²) in [6.07, 6.45) is 0.303. The van der Waals surface area contributed by atoms with Gasteiger partial charge in [-0.15, -0.1) is 0 Å². The largest absolute Gasteiger partial charge is 0.479 e. The zero-order valence-electron chi connectivity index (χ0n) is 8.27. The van der Waals surface area contributed by atoms with Crippen molar-refractivity contribution in [3.8, 4) is 0 Å². The van der Waals surface area contributed by atoms with Crippen molar-refractivity contribution >= 4 is 28.5 Å². The van der Waals surface area contributed by atoms with Crippen LogP contribution in [-0.2, 0) is 11.2 Å². The number of hydrogen-bond donors (Lipinski definition) is 3. The Morgan fingerprint density at radius 1 is 1.50 bits per heavy atom. The maximum atomic E-state index is 10.6. The summed E-state index contributed by atoms with van der Waals surface area (Å²) in [4.78, 5) is 13.5. The van der Waals surface area contributed by atoms with Gasteiger partial charge in [-0.3, -0.25) is 0 Å². The number of rotatable bonds is 3. The predicted octanol–water partition coefficient (Wildman–Crippen LogP) is 1.81. The molecule has 1 aromatic heterocycles. The number of hydrogen-bond acceptors (Lipinski definition) is 2. The first-order valence-electron chi connectivity index (χ1n) is 4.75. The minimum Gasteiger partial charge on any atom is -0.479 e. The third kappa shape index (κ3) is 1.89. The van der Waals surface area contributed by atoms with Crippen molar-refractivity contribution in [3.05, 3.63) is 35.0 Å². The van der Waals surface area contributed by atoms with Gasteiger partial charge < -0.3 is 15.2 Å². The van der Waals surface area contributed by atoms with Crippen LogP contribution in [-0.4, -0.2) is 27.3 Å². The van der Waals surface area contributed by atoms with Crippen LogP contribution in [0.25, 0.3) is 10.9 Å². The second-order valence-electron chi connectivity index (χ2n) is 3.53. The lowest BCUT2D eigenvalue weighted by atomic mass is 10.1. The number of aromatic amines is 1. The van der Waals surface area contributed by atoms with E-state index in [0.717, 1.165) is 10.9 Å². The first-order chi connectivity index (χ1) is 7.59. The molecule has 0 bridgehead atoms. The first kappa shape index (κ1) is 11.0. The average molecular weight is 240 g/mol. The Hall–Kier alpha value is -1.52. The van der Waals surface area contributed by atoms with E-state index >= 15 is 0 Å². The van der Waals surface area contributed by atoms with Crippen LogP contribution >= 0.6 is 11.6 Å². The third-order valence-corrected chi connectivity index (χ3v) is 2.75. The van der Waals surface area contributed by atoms with E-state index in [1.54, 1.807) is 18.3 Å². The van der Waals surface area contributed by atoms with Crippen molar-refractivity contribution < 1.29 is 15.0 Å². The molecule has 16 heavy (non-hydrogen) atoms.